The van der Waals surface area contributed by atoms with Crippen molar-refractivity contribution in [1.29, 1.82) is 0 Å². The quantitative estimate of drug-likeness (QED) is 0.458. The molecule has 3 N–H and O–H groups in total. The molecule has 14 heavy (non-hydrogen) atoms. The van der Waals surface area contributed by atoms with Crippen molar-refractivity contribution < 1.29 is 0 Å². The molecule has 0 unspecified atom stereocenters. The van der Waals surface area contributed by atoms with Crippen LogP contribution in [0.25, 0.3) is 0 Å². The maximum absolute atomic E-state index is 5.91. The van der Waals surface area contributed by atoms with Gasteiger partial charge in [-0.2, -0.15) is 0 Å². The lowest BCUT2D eigenvalue weighted by Crippen LogP contribution is -2.45. The second kappa shape index (κ2) is 3.92. The second-order valence-electron chi connectivity index (χ2n) is 3.56. The number of nitrogens with zero attached hydrogens (tertiary/aromatic N) is 1. The molecule has 0 spiro atoms. The molecule has 0 saturated carbocycles. The molecule has 1 saturated heterocycles. The molecule has 0 atom stereocenters. The molecule has 4 heteroatoms. The number of nitrogen functional groups attached to an aromatic ring is 1. The smallest absolute Gasteiger partial charge is 0.116 e. The molecule has 1 aliphatic rings. The lowest BCUT2D eigenvalue weighted by Gasteiger charge is -2.31. The Balaban J connectivity index is 2.22. The van der Waals surface area contributed by atoms with Crippen LogP contribution in [0.1, 0.15) is 0 Å². The van der Waals surface area contributed by atoms with Crippen molar-refractivity contribution in [2.75, 3.05) is 36.8 Å². The van der Waals surface area contributed by atoms with E-state index in [1.807, 2.05) is 18.2 Å². The van der Waals surface area contributed by atoms with E-state index in [0.717, 1.165) is 43.0 Å². The van der Waals surface area contributed by atoms with Crippen LogP contribution in [0.2, 0.25) is 0 Å². The van der Waals surface area contributed by atoms with Gasteiger partial charge in [-0.05, 0) is 18.2 Å². The van der Waals surface area contributed by atoms with E-state index in [9.17, 15) is 0 Å². The van der Waals surface area contributed by atoms with Crippen LogP contribution in [0.5, 0.6) is 0 Å². The minimum Gasteiger partial charge on any atom is -0.399 e. The Hall–Kier alpha value is -1.16. The number of nitrogens with one attached hydrogen (secondary N) is 1. The van der Waals surface area contributed by atoms with E-state index in [1.165, 1.54) is 0 Å². The molecule has 1 aromatic carbocycles. The molecule has 72 valence electrons. The summed E-state index contributed by atoms with van der Waals surface area (Å²) < 4.78 is 0. The maximum Gasteiger partial charge on any atom is 0.116 e. The van der Waals surface area contributed by atoms with Crippen molar-refractivity contribution in [2.45, 2.75) is 0 Å². The number of benzene rings is 1. The summed E-state index contributed by atoms with van der Waals surface area (Å²) >= 11 is 0. The van der Waals surface area contributed by atoms with Crippen molar-refractivity contribution in [2.24, 2.45) is 0 Å². The molecule has 0 aliphatic carbocycles. The molecule has 1 fully saturated rings. The highest BCUT2D eigenvalue weighted by atomic mass is 15.2. The number of piperazine rings is 1. The first-order valence-corrected chi connectivity index (χ1v) is 4.88. The first kappa shape index (κ1) is 9.40. The highest BCUT2D eigenvalue weighted by molar-refractivity contribution is 6.36. The minimum atomic E-state index is 0.724. The van der Waals surface area contributed by atoms with Crippen LogP contribution >= 0.6 is 0 Å². The second-order valence-corrected chi connectivity index (χ2v) is 3.56. The first-order chi connectivity index (χ1) is 6.77. The van der Waals surface area contributed by atoms with Crippen LogP contribution in [0, 0.1) is 0 Å². The van der Waals surface area contributed by atoms with E-state index in [1.54, 1.807) is 0 Å². The molecular formula is C10H14BN3. The van der Waals surface area contributed by atoms with E-state index in [4.69, 9.17) is 13.6 Å². The van der Waals surface area contributed by atoms with Crippen LogP contribution < -0.4 is 21.4 Å². The monoisotopic (exact) mass is 187 g/mol. The van der Waals surface area contributed by atoms with Gasteiger partial charge in [-0.3, -0.25) is 0 Å². The fraction of sp³-hybridized carbons (Fsp3) is 0.400. The largest absolute Gasteiger partial charge is 0.399 e. The summed E-state index contributed by atoms with van der Waals surface area (Å²) in [5, 5.41) is 3.31. The number of hydrogen-bond acceptors (Lipinski definition) is 3. The zero-order chi connectivity index (χ0) is 9.97. The SMILES string of the molecule is [B]c1cc(N)ccc1N1CCNCC1. The molecule has 1 aromatic rings. The summed E-state index contributed by atoms with van der Waals surface area (Å²) in [6, 6.07) is 5.71. The van der Waals surface area contributed by atoms with Gasteiger partial charge < -0.3 is 16.0 Å². The molecule has 3 nitrogen and oxygen atoms in total. The molecule has 0 amide bonds. The molecule has 0 bridgehead atoms. The van der Waals surface area contributed by atoms with Crippen LogP contribution in [0.3, 0.4) is 0 Å². The van der Waals surface area contributed by atoms with Gasteiger partial charge in [0.15, 0.2) is 0 Å². The average Bonchev–Trinajstić information content (AvgIpc) is 2.19. The Labute approximate surface area is 85.7 Å². The van der Waals surface area contributed by atoms with E-state index < -0.39 is 0 Å². The number of nitrogens with two attached hydrogens (primary N) is 1. The fourth-order valence-corrected chi connectivity index (χ4v) is 1.77. The van der Waals surface area contributed by atoms with Crippen molar-refractivity contribution in [3.8, 4) is 0 Å². The Bertz CT molecular complexity index is 321. The van der Waals surface area contributed by atoms with E-state index in [-0.39, 0.29) is 0 Å². The Kier molecular flexibility index (Phi) is 2.63. The van der Waals surface area contributed by atoms with Crippen molar-refractivity contribution >= 4 is 24.7 Å². The molecule has 1 aliphatic heterocycles. The van der Waals surface area contributed by atoms with Crippen LogP contribution in [-0.2, 0) is 0 Å². The molecule has 2 radical (unpaired) electrons. The summed E-state index contributed by atoms with van der Waals surface area (Å²) in [4.78, 5) is 2.28. The number of anilines is 2. The topological polar surface area (TPSA) is 41.3 Å². The zero-order valence-corrected chi connectivity index (χ0v) is 8.16. The first-order valence-electron chi connectivity index (χ1n) is 4.88. The van der Waals surface area contributed by atoms with Gasteiger partial charge in [-0.15, -0.1) is 0 Å². The number of rotatable bonds is 1. The van der Waals surface area contributed by atoms with Crippen molar-refractivity contribution in [3.63, 3.8) is 0 Å². The predicted molar refractivity (Wildman–Crippen MR) is 61.3 cm³/mol. The molecular weight excluding hydrogens is 173 g/mol. The highest BCUT2D eigenvalue weighted by Crippen LogP contribution is 2.13. The Morgan fingerprint density at radius 1 is 1.29 bits per heavy atom. The normalized spacial score (nSPS) is 17.0. The lowest BCUT2D eigenvalue weighted by atomic mass is 9.92. The van der Waals surface area contributed by atoms with Gasteiger partial charge in [-0.25, -0.2) is 0 Å². The minimum absolute atomic E-state index is 0.724. The van der Waals surface area contributed by atoms with Gasteiger partial charge in [0, 0.05) is 37.6 Å². The third-order valence-corrected chi connectivity index (χ3v) is 2.51. The highest BCUT2D eigenvalue weighted by Gasteiger charge is 2.11. The Morgan fingerprint density at radius 3 is 2.64 bits per heavy atom. The van der Waals surface area contributed by atoms with E-state index >= 15 is 0 Å². The van der Waals surface area contributed by atoms with Gasteiger partial charge in [0.25, 0.3) is 0 Å². The van der Waals surface area contributed by atoms with Crippen LogP contribution in [0.15, 0.2) is 18.2 Å². The zero-order valence-electron chi connectivity index (χ0n) is 8.16. The van der Waals surface area contributed by atoms with Gasteiger partial charge in [0.1, 0.15) is 7.85 Å². The molecule has 2 rings (SSSR count). The summed E-state index contributed by atoms with van der Waals surface area (Å²) in [5.41, 5.74) is 8.24. The van der Waals surface area contributed by atoms with Crippen LogP contribution in [-0.4, -0.2) is 34.0 Å². The number of hydrogen-bond donors (Lipinski definition) is 2. The maximum atomic E-state index is 5.91. The van der Waals surface area contributed by atoms with Crippen molar-refractivity contribution in [1.82, 2.24) is 5.32 Å². The standard InChI is InChI=1S/C10H14BN3/c11-9-7-8(12)1-2-10(9)14-5-3-13-4-6-14/h1-2,7,13H,3-6,12H2. The third kappa shape index (κ3) is 1.85. The van der Waals surface area contributed by atoms with E-state index in [0.29, 0.717) is 0 Å². The fourth-order valence-electron chi connectivity index (χ4n) is 1.77. The summed E-state index contributed by atoms with van der Waals surface area (Å²) in [6.45, 7) is 4.05. The van der Waals surface area contributed by atoms with Crippen LogP contribution in [0.4, 0.5) is 11.4 Å². The lowest BCUT2D eigenvalue weighted by molar-refractivity contribution is 0.590. The van der Waals surface area contributed by atoms with Gasteiger partial charge >= 0.3 is 0 Å². The summed E-state index contributed by atoms with van der Waals surface area (Å²) in [5.74, 6) is 0. The van der Waals surface area contributed by atoms with E-state index in [2.05, 4.69) is 10.2 Å². The summed E-state index contributed by atoms with van der Waals surface area (Å²) in [7, 11) is 5.91. The molecule has 1 heterocycles. The average molecular weight is 187 g/mol. The van der Waals surface area contributed by atoms with Gasteiger partial charge in [-0.1, -0.05) is 5.46 Å². The van der Waals surface area contributed by atoms with Gasteiger partial charge in [0.2, 0.25) is 0 Å². The summed E-state index contributed by atoms with van der Waals surface area (Å²) in [6.07, 6.45) is 0. The molecule has 0 aromatic heterocycles. The van der Waals surface area contributed by atoms with Crippen molar-refractivity contribution in [3.05, 3.63) is 18.2 Å². The third-order valence-electron chi connectivity index (χ3n) is 2.51. The Morgan fingerprint density at radius 2 is 2.00 bits per heavy atom. The van der Waals surface area contributed by atoms with Gasteiger partial charge in [0.05, 0.1) is 0 Å². The predicted octanol–water partition coefficient (Wildman–Crippen LogP) is -0.528.